The highest BCUT2D eigenvalue weighted by Gasteiger charge is 2.25. The Morgan fingerprint density at radius 1 is 1.00 bits per heavy atom. The summed E-state index contributed by atoms with van der Waals surface area (Å²) in [5.74, 6) is -10.2. The molecule has 1 rings (SSSR count). The molecule has 0 aliphatic heterocycles. The molecule has 0 saturated carbocycles. The van der Waals surface area contributed by atoms with Crippen LogP contribution in [0.1, 0.15) is 19.8 Å². The van der Waals surface area contributed by atoms with Crippen molar-refractivity contribution in [3.05, 3.63) is 29.1 Å². The van der Waals surface area contributed by atoms with Gasteiger partial charge in [0.1, 0.15) is 5.69 Å². The molecule has 0 radical (unpaired) electrons. The number of aliphatic hydroxyl groups excluding tert-OH is 1. The van der Waals surface area contributed by atoms with Gasteiger partial charge in [-0.05, 0) is 6.42 Å². The SMILES string of the molecule is CCCCOCC(O)CNc1c(F)c(F)c(F)c(F)c1F. The van der Waals surface area contributed by atoms with Gasteiger partial charge >= 0.3 is 0 Å². The average molecular weight is 313 g/mol. The van der Waals surface area contributed by atoms with Gasteiger partial charge < -0.3 is 15.2 Å². The molecule has 0 saturated heterocycles. The monoisotopic (exact) mass is 313 g/mol. The number of halogens is 5. The second kappa shape index (κ2) is 8.14. The number of aliphatic hydroxyl groups is 1. The number of nitrogens with one attached hydrogen (secondary N) is 1. The summed E-state index contributed by atoms with van der Waals surface area (Å²) in [6.45, 7) is 1.84. The molecule has 0 fully saturated rings. The second-order valence-corrected chi connectivity index (χ2v) is 4.41. The van der Waals surface area contributed by atoms with Gasteiger partial charge in [0.05, 0.1) is 12.7 Å². The van der Waals surface area contributed by atoms with Crippen LogP contribution in [0.3, 0.4) is 0 Å². The van der Waals surface area contributed by atoms with E-state index in [1.807, 2.05) is 12.2 Å². The van der Waals surface area contributed by atoms with E-state index >= 15 is 0 Å². The molecule has 3 nitrogen and oxygen atoms in total. The molecule has 21 heavy (non-hydrogen) atoms. The Labute approximate surface area is 118 Å². The first-order valence-electron chi connectivity index (χ1n) is 6.41. The number of anilines is 1. The molecular weight excluding hydrogens is 297 g/mol. The molecule has 0 bridgehead atoms. The molecule has 0 aromatic heterocycles. The maximum absolute atomic E-state index is 13.3. The fraction of sp³-hybridized carbons (Fsp3) is 0.538. The van der Waals surface area contributed by atoms with E-state index in [0.717, 1.165) is 12.8 Å². The standard InChI is InChI=1S/C13H16F5NO2/c1-2-3-4-21-6-7(20)5-19-13-11(17)9(15)8(14)10(16)12(13)18/h7,19-20H,2-6H2,1H3. The molecule has 0 amide bonds. The zero-order valence-electron chi connectivity index (χ0n) is 11.4. The summed E-state index contributed by atoms with van der Waals surface area (Å²) in [5, 5.41) is 11.5. The van der Waals surface area contributed by atoms with Gasteiger partial charge in [0, 0.05) is 13.2 Å². The first-order valence-corrected chi connectivity index (χ1v) is 6.41. The van der Waals surface area contributed by atoms with Gasteiger partial charge in [-0.15, -0.1) is 0 Å². The van der Waals surface area contributed by atoms with Crippen molar-refractivity contribution in [3.63, 3.8) is 0 Å². The van der Waals surface area contributed by atoms with Crippen molar-refractivity contribution in [1.29, 1.82) is 0 Å². The van der Waals surface area contributed by atoms with Crippen molar-refractivity contribution in [1.82, 2.24) is 0 Å². The van der Waals surface area contributed by atoms with E-state index in [1.165, 1.54) is 0 Å². The predicted molar refractivity (Wildman–Crippen MR) is 66.5 cm³/mol. The first-order chi connectivity index (χ1) is 9.90. The lowest BCUT2D eigenvalue weighted by molar-refractivity contribution is 0.0421. The molecular formula is C13H16F5NO2. The van der Waals surface area contributed by atoms with Crippen molar-refractivity contribution in [2.45, 2.75) is 25.9 Å². The van der Waals surface area contributed by atoms with Gasteiger partial charge in [0.15, 0.2) is 23.3 Å². The lowest BCUT2D eigenvalue weighted by Gasteiger charge is -2.15. The lowest BCUT2D eigenvalue weighted by atomic mass is 10.2. The van der Waals surface area contributed by atoms with Crippen molar-refractivity contribution in [2.24, 2.45) is 0 Å². The Hall–Kier alpha value is -1.41. The topological polar surface area (TPSA) is 41.5 Å². The quantitative estimate of drug-likeness (QED) is 0.335. The molecule has 120 valence electrons. The fourth-order valence-electron chi connectivity index (χ4n) is 1.50. The van der Waals surface area contributed by atoms with Crippen LogP contribution in [-0.4, -0.2) is 31.0 Å². The first kappa shape index (κ1) is 17.6. The molecule has 0 heterocycles. The van der Waals surface area contributed by atoms with Crippen LogP contribution >= 0.6 is 0 Å². The van der Waals surface area contributed by atoms with Crippen LogP contribution in [0.15, 0.2) is 0 Å². The fourth-order valence-corrected chi connectivity index (χ4v) is 1.50. The van der Waals surface area contributed by atoms with E-state index < -0.39 is 47.4 Å². The van der Waals surface area contributed by atoms with Crippen LogP contribution in [0, 0.1) is 29.1 Å². The van der Waals surface area contributed by atoms with E-state index in [2.05, 4.69) is 0 Å². The highest BCUT2D eigenvalue weighted by molar-refractivity contribution is 5.47. The van der Waals surface area contributed by atoms with Crippen molar-refractivity contribution in [3.8, 4) is 0 Å². The number of rotatable bonds is 8. The minimum Gasteiger partial charge on any atom is -0.389 e. The second-order valence-electron chi connectivity index (χ2n) is 4.41. The van der Waals surface area contributed by atoms with Crippen LogP contribution in [-0.2, 0) is 4.74 Å². The van der Waals surface area contributed by atoms with Crippen LogP contribution < -0.4 is 5.32 Å². The summed E-state index contributed by atoms with van der Waals surface area (Å²) in [7, 11) is 0. The van der Waals surface area contributed by atoms with Gasteiger partial charge in [-0.2, -0.15) is 0 Å². The Kier molecular flexibility index (Phi) is 6.83. The minimum atomic E-state index is -2.22. The highest BCUT2D eigenvalue weighted by Crippen LogP contribution is 2.26. The molecule has 1 unspecified atom stereocenters. The minimum absolute atomic E-state index is 0.109. The van der Waals surface area contributed by atoms with Crippen molar-refractivity contribution < 1.29 is 31.8 Å². The molecule has 0 aliphatic carbocycles. The van der Waals surface area contributed by atoms with E-state index in [-0.39, 0.29) is 6.61 Å². The van der Waals surface area contributed by atoms with E-state index in [0.29, 0.717) is 6.61 Å². The van der Waals surface area contributed by atoms with Gasteiger partial charge in [-0.3, -0.25) is 0 Å². The molecule has 2 N–H and O–H groups in total. The predicted octanol–water partition coefficient (Wildman–Crippen LogP) is 2.97. The van der Waals surface area contributed by atoms with Gasteiger partial charge in [-0.25, -0.2) is 22.0 Å². The van der Waals surface area contributed by atoms with Crippen LogP contribution in [0.5, 0.6) is 0 Å². The third-order valence-electron chi connectivity index (χ3n) is 2.68. The van der Waals surface area contributed by atoms with Crippen LogP contribution in [0.2, 0.25) is 0 Å². The third kappa shape index (κ3) is 4.53. The molecule has 0 aliphatic rings. The average Bonchev–Trinajstić information content (AvgIpc) is 2.47. The van der Waals surface area contributed by atoms with E-state index in [4.69, 9.17) is 4.74 Å². The lowest BCUT2D eigenvalue weighted by Crippen LogP contribution is -2.26. The highest BCUT2D eigenvalue weighted by atomic mass is 19.2. The Morgan fingerprint density at radius 2 is 1.52 bits per heavy atom. The summed E-state index contributed by atoms with van der Waals surface area (Å²) < 4.78 is 70.3. The molecule has 1 aromatic rings. The largest absolute Gasteiger partial charge is 0.389 e. The summed E-state index contributed by atoms with van der Waals surface area (Å²) in [5.41, 5.74) is -1.17. The number of hydrogen-bond donors (Lipinski definition) is 2. The number of hydrogen-bond acceptors (Lipinski definition) is 3. The van der Waals surface area contributed by atoms with E-state index in [1.54, 1.807) is 0 Å². The molecule has 1 atom stereocenters. The Bertz CT molecular complexity index is 455. The zero-order valence-corrected chi connectivity index (χ0v) is 11.4. The van der Waals surface area contributed by atoms with Crippen LogP contribution in [0.4, 0.5) is 27.6 Å². The Morgan fingerprint density at radius 3 is 2.05 bits per heavy atom. The zero-order chi connectivity index (χ0) is 16.0. The molecule has 0 spiro atoms. The summed E-state index contributed by atoms with van der Waals surface area (Å²) in [4.78, 5) is 0. The number of benzene rings is 1. The smallest absolute Gasteiger partial charge is 0.200 e. The molecule has 8 heteroatoms. The van der Waals surface area contributed by atoms with E-state index in [9.17, 15) is 27.1 Å². The summed E-state index contributed by atoms with van der Waals surface area (Å²) >= 11 is 0. The number of unbranched alkanes of at least 4 members (excludes halogenated alkanes) is 1. The summed E-state index contributed by atoms with van der Waals surface area (Å²) in [6, 6.07) is 0. The third-order valence-corrected chi connectivity index (χ3v) is 2.68. The normalized spacial score (nSPS) is 12.5. The number of ether oxygens (including phenoxy) is 1. The van der Waals surface area contributed by atoms with Gasteiger partial charge in [-0.1, -0.05) is 13.3 Å². The maximum atomic E-state index is 13.3. The maximum Gasteiger partial charge on any atom is 0.200 e. The van der Waals surface area contributed by atoms with Gasteiger partial charge in [0.25, 0.3) is 0 Å². The van der Waals surface area contributed by atoms with Crippen LogP contribution in [0.25, 0.3) is 0 Å². The Balaban J connectivity index is 2.63. The molecule has 1 aromatic carbocycles. The van der Waals surface area contributed by atoms with Crippen molar-refractivity contribution >= 4 is 5.69 Å². The van der Waals surface area contributed by atoms with Gasteiger partial charge in [0.2, 0.25) is 5.82 Å². The van der Waals surface area contributed by atoms with Crippen molar-refractivity contribution in [2.75, 3.05) is 25.1 Å². The summed E-state index contributed by atoms with van der Waals surface area (Å²) in [6.07, 6.45) is 0.549.